The van der Waals surface area contributed by atoms with Crippen LogP contribution in [0.1, 0.15) is 37.7 Å². The third-order valence-electron chi connectivity index (χ3n) is 5.79. The summed E-state index contributed by atoms with van der Waals surface area (Å²) in [4.78, 5) is 19.9. The molecule has 4 rings (SSSR count). The maximum atomic E-state index is 13.3. The minimum absolute atomic E-state index is 0.171. The summed E-state index contributed by atoms with van der Waals surface area (Å²) in [6.45, 7) is 1.75. The molecule has 1 aliphatic carbocycles. The summed E-state index contributed by atoms with van der Waals surface area (Å²) in [5.74, 6) is 1.16. The second kappa shape index (κ2) is 7.28. The van der Waals surface area contributed by atoms with E-state index in [-0.39, 0.29) is 11.9 Å². The zero-order chi connectivity index (χ0) is 18.0. The number of amides is 1. The average Bonchev–Trinajstić information content (AvgIpc) is 3.33. The molecule has 1 aromatic carbocycles. The summed E-state index contributed by atoms with van der Waals surface area (Å²) in [5, 5.41) is 4.05. The number of hydrogen-bond donors (Lipinski definition) is 1. The van der Waals surface area contributed by atoms with E-state index in [2.05, 4.69) is 15.2 Å². The SMILES string of the molecule is O=C(NC1CCN(c2ccccn2)C1)C1(c2ccc(Cl)cc2)CCCC1. The van der Waals surface area contributed by atoms with Crippen LogP contribution in [0.5, 0.6) is 0 Å². The van der Waals surface area contributed by atoms with E-state index in [1.807, 2.05) is 48.7 Å². The molecular weight excluding hydrogens is 346 g/mol. The molecule has 1 unspecified atom stereocenters. The largest absolute Gasteiger partial charge is 0.354 e. The smallest absolute Gasteiger partial charge is 0.230 e. The first-order valence-electron chi connectivity index (χ1n) is 9.40. The van der Waals surface area contributed by atoms with Gasteiger partial charge in [0.2, 0.25) is 5.91 Å². The monoisotopic (exact) mass is 369 g/mol. The lowest BCUT2D eigenvalue weighted by Gasteiger charge is -2.30. The number of aromatic nitrogens is 1. The van der Waals surface area contributed by atoms with Gasteiger partial charge in [0.25, 0.3) is 0 Å². The number of halogens is 1. The van der Waals surface area contributed by atoms with Crippen molar-refractivity contribution >= 4 is 23.3 Å². The molecule has 1 amide bonds. The molecule has 2 heterocycles. The maximum absolute atomic E-state index is 13.3. The zero-order valence-electron chi connectivity index (χ0n) is 14.8. The zero-order valence-corrected chi connectivity index (χ0v) is 15.6. The normalized spacial score (nSPS) is 21.7. The van der Waals surface area contributed by atoms with Gasteiger partial charge in [0.1, 0.15) is 5.82 Å². The number of carbonyl (C=O) groups is 1. The van der Waals surface area contributed by atoms with Crippen molar-refractivity contribution in [1.29, 1.82) is 0 Å². The van der Waals surface area contributed by atoms with E-state index in [4.69, 9.17) is 11.6 Å². The molecule has 26 heavy (non-hydrogen) atoms. The first-order valence-corrected chi connectivity index (χ1v) is 9.78. The van der Waals surface area contributed by atoms with Gasteiger partial charge in [-0.25, -0.2) is 4.98 Å². The molecular formula is C21H24ClN3O. The highest BCUT2D eigenvalue weighted by Gasteiger charge is 2.43. The van der Waals surface area contributed by atoms with E-state index in [1.54, 1.807) is 0 Å². The molecule has 1 aliphatic heterocycles. The van der Waals surface area contributed by atoms with Crippen molar-refractivity contribution in [1.82, 2.24) is 10.3 Å². The van der Waals surface area contributed by atoms with Crippen molar-refractivity contribution in [3.63, 3.8) is 0 Å². The summed E-state index contributed by atoms with van der Waals surface area (Å²) >= 11 is 6.04. The van der Waals surface area contributed by atoms with E-state index in [9.17, 15) is 4.79 Å². The molecule has 1 aromatic heterocycles. The van der Waals surface area contributed by atoms with Crippen molar-refractivity contribution in [2.75, 3.05) is 18.0 Å². The molecule has 2 aliphatic rings. The summed E-state index contributed by atoms with van der Waals surface area (Å²) < 4.78 is 0. The Bertz CT molecular complexity index is 757. The van der Waals surface area contributed by atoms with Crippen LogP contribution in [0, 0.1) is 0 Å². The van der Waals surface area contributed by atoms with Gasteiger partial charge in [-0.3, -0.25) is 4.79 Å². The van der Waals surface area contributed by atoms with Crippen molar-refractivity contribution in [2.24, 2.45) is 0 Å². The van der Waals surface area contributed by atoms with Crippen LogP contribution in [0.25, 0.3) is 0 Å². The van der Waals surface area contributed by atoms with Crippen molar-refractivity contribution in [2.45, 2.75) is 43.6 Å². The summed E-state index contributed by atoms with van der Waals surface area (Å²) in [7, 11) is 0. The number of carbonyl (C=O) groups excluding carboxylic acids is 1. The molecule has 0 radical (unpaired) electrons. The molecule has 1 atom stereocenters. The Labute approximate surface area is 159 Å². The molecule has 4 nitrogen and oxygen atoms in total. The fourth-order valence-electron chi connectivity index (χ4n) is 4.34. The summed E-state index contributed by atoms with van der Waals surface area (Å²) in [5.41, 5.74) is 0.694. The third-order valence-corrected chi connectivity index (χ3v) is 6.04. The van der Waals surface area contributed by atoms with Crippen LogP contribution < -0.4 is 10.2 Å². The van der Waals surface area contributed by atoms with Crippen LogP contribution in [0.3, 0.4) is 0 Å². The van der Waals surface area contributed by atoms with Gasteiger partial charge in [0.15, 0.2) is 0 Å². The van der Waals surface area contributed by atoms with E-state index in [0.29, 0.717) is 5.02 Å². The topological polar surface area (TPSA) is 45.2 Å². The number of nitrogens with one attached hydrogen (secondary N) is 1. The second-order valence-corrected chi connectivity index (χ2v) is 7.83. The molecule has 1 N–H and O–H groups in total. The lowest BCUT2D eigenvalue weighted by Crippen LogP contribution is -2.47. The average molecular weight is 370 g/mol. The van der Waals surface area contributed by atoms with E-state index >= 15 is 0 Å². The van der Waals surface area contributed by atoms with Crippen molar-refractivity contribution in [3.8, 4) is 0 Å². The van der Waals surface area contributed by atoms with Gasteiger partial charge in [0, 0.05) is 30.4 Å². The molecule has 5 heteroatoms. The van der Waals surface area contributed by atoms with E-state index < -0.39 is 5.41 Å². The Morgan fingerprint density at radius 1 is 1.15 bits per heavy atom. The first-order chi connectivity index (χ1) is 12.7. The first kappa shape index (κ1) is 17.3. The third kappa shape index (κ3) is 3.30. The summed E-state index contributed by atoms with van der Waals surface area (Å²) in [6.07, 6.45) is 6.80. The molecule has 2 aromatic rings. The highest BCUT2D eigenvalue weighted by Crippen LogP contribution is 2.42. The van der Waals surface area contributed by atoms with Gasteiger partial charge >= 0.3 is 0 Å². The Hall–Kier alpha value is -2.07. The minimum atomic E-state index is -0.400. The van der Waals surface area contributed by atoms with Crippen LogP contribution in [0.15, 0.2) is 48.7 Å². The van der Waals surface area contributed by atoms with Gasteiger partial charge in [-0.15, -0.1) is 0 Å². The number of anilines is 1. The lowest BCUT2D eigenvalue weighted by molar-refractivity contribution is -0.127. The number of nitrogens with zero attached hydrogens (tertiary/aromatic N) is 2. The standard InChI is InChI=1S/C21H24ClN3O/c22-17-8-6-16(7-9-17)21(11-2-3-12-21)20(26)24-18-10-14-25(15-18)19-5-1-4-13-23-19/h1,4-9,13,18H,2-3,10-12,14-15H2,(H,24,26). The predicted molar refractivity (Wildman–Crippen MR) is 105 cm³/mol. The van der Waals surface area contributed by atoms with E-state index in [1.165, 1.54) is 0 Å². The molecule has 0 spiro atoms. The van der Waals surface area contributed by atoms with Crippen LogP contribution in [0.2, 0.25) is 5.02 Å². The summed E-state index contributed by atoms with van der Waals surface area (Å²) in [6, 6.07) is 13.9. The maximum Gasteiger partial charge on any atom is 0.230 e. The molecule has 1 saturated heterocycles. The molecule has 136 valence electrons. The quantitative estimate of drug-likeness (QED) is 0.887. The minimum Gasteiger partial charge on any atom is -0.354 e. The predicted octanol–water partition coefficient (Wildman–Crippen LogP) is 3.94. The Kier molecular flexibility index (Phi) is 4.86. The van der Waals surface area contributed by atoms with E-state index in [0.717, 1.165) is 56.6 Å². The van der Waals surface area contributed by atoms with Crippen LogP contribution in [-0.4, -0.2) is 30.0 Å². The van der Waals surface area contributed by atoms with Gasteiger partial charge in [0.05, 0.1) is 5.41 Å². The fourth-order valence-corrected chi connectivity index (χ4v) is 4.47. The Morgan fingerprint density at radius 3 is 2.62 bits per heavy atom. The Balaban J connectivity index is 1.47. The van der Waals surface area contributed by atoms with Crippen LogP contribution >= 0.6 is 11.6 Å². The molecule has 0 bridgehead atoms. The van der Waals surface area contributed by atoms with Crippen LogP contribution in [0.4, 0.5) is 5.82 Å². The fraction of sp³-hybridized carbons (Fsp3) is 0.429. The number of pyridine rings is 1. The van der Waals surface area contributed by atoms with Crippen molar-refractivity contribution in [3.05, 3.63) is 59.2 Å². The van der Waals surface area contributed by atoms with Crippen LogP contribution in [-0.2, 0) is 10.2 Å². The van der Waals surface area contributed by atoms with Gasteiger partial charge in [-0.1, -0.05) is 42.6 Å². The van der Waals surface area contributed by atoms with Gasteiger partial charge in [-0.2, -0.15) is 0 Å². The highest BCUT2D eigenvalue weighted by molar-refractivity contribution is 6.30. The van der Waals surface area contributed by atoms with Gasteiger partial charge < -0.3 is 10.2 Å². The molecule has 2 fully saturated rings. The second-order valence-electron chi connectivity index (χ2n) is 7.39. The number of hydrogen-bond acceptors (Lipinski definition) is 3. The lowest BCUT2D eigenvalue weighted by atomic mass is 9.78. The van der Waals surface area contributed by atoms with Crippen molar-refractivity contribution < 1.29 is 4.79 Å². The number of rotatable bonds is 4. The van der Waals surface area contributed by atoms with Gasteiger partial charge in [-0.05, 0) is 49.1 Å². The Morgan fingerprint density at radius 2 is 1.92 bits per heavy atom. The highest BCUT2D eigenvalue weighted by atomic mass is 35.5. The molecule has 1 saturated carbocycles. The number of benzene rings is 1.